The van der Waals surface area contributed by atoms with Crippen LogP contribution >= 0.6 is 7.52 Å². The van der Waals surface area contributed by atoms with Crippen molar-refractivity contribution in [2.45, 2.75) is 105 Å². The first-order valence-corrected chi connectivity index (χ1v) is 16.3. The van der Waals surface area contributed by atoms with E-state index in [2.05, 4.69) is 86.5 Å². The van der Waals surface area contributed by atoms with E-state index in [1.165, 1.54) is 16.7 Å². The maximum atomic E-state index is 14.8. The van der Waals surface area contributed by atoms with Crippen LogP contribution in [0.15, 0.2) is 60.7 Å². The Morgan fingerprint density at radius 1 is 0.675 bits per heavy atom. The Balaban J connectivity index is 2.10. The van der Waals surface area contributed by atoms with Gasteiger partial charge in [-0.05, 0) is 75.1 Å². The molecule has 1 atom stereocenters. The lowest BCUT2D eigenvalue weighted by Crippen LogP contribution is -2.31. The van der Waals surface area contributed by atoms with Crippen molar-refractivity contribution in [1.82, 2.24) is 5.09 Å². The highest BCUT2D eigenvalue weighted by molar-refractivity contribution is 7.66. The smallest absolute Gasteiger partial charge is 0.373 e. The Morgan fingerprint density at radius 3 is 1.57 bits per heavy atom. The molecule has 0 spiro atoms. The summed E-state index contributed by atoms with van der Waals surface area (Å²) in [5.41, 5.74) is 6.61. The molecule has 216 valence electrons. The van der Waals surface area contributed by atoms with Crippen molar-refractivity contribution in [2.24, 2.45) is 0 Å². The normalized spacial score (nSPS) is 13.4. The SMILES string of the molecule is CC(C)c1cc(C(C)C)c(CC(=O)NP(=O)(Oc2c(C(C)C)cccc2C(C)C)c2ccccc2)c(C(C)C)c1. The molecule has 0 aromatic heterocycles. The van der Waals surface area contributed by atoms with Gasteiger partial charge in [-0.2, -0.15) is 0 Å². The van der Waals surface area contributed by atoms with E-state index in [9.17, 15) is 9.36 Å². The molecule has 0 saturated carbocycles. The highest BCUT2D eigenvalue weighted by Crippen LogP contribution is 2.47. The predicted octanol–water partition coefficient (Wildman–Crippen LogP) is 9.56. The molecule has 0 aliphatic carbocycles. The number of carbonyl (C=O) groups is 1. The third-order valence-corrected chi connectivity index (χ3v) is 9.46. The van der Waals surface area contributed by atoms with Crippen LogP contribution in [0.2, 0.25) is 0 Å². The first kappa shape index (κ1) is 31.7. The van der Waals surface area contributed by atoms with Crippen LogP contribution in [0.1, 0.15) is 132 Å². The molecule has 0 saturated heterocycles. The quantitative estimate of drug-likeness (QED) is 0.237. The van der Waals surface area contributed by atoms with Gasteiger partial charge in [0.2, 0.25) is 5.91 Å². The average molecular weight is 562 g/mol. The summed E-state index contributed by atoms with van der Waals surface area (Å²) in [4.78, 5) is 13.8. The fourth-order valence-electron chi connectivity index (χ4n) is 5.15. The summed E-state index contributed by atoms with van der Waals surface area (Å²) in [6, 6.07) is 19.6. The Kier molecular flexibility index (Phi) is 10.5. The molecule has 3 rings (SSSR count). The summed E-state index contributed by atoms with van der Waals surface area (Å²) in [6.07, 6.45) is 0.141. The van der Waals surface area contributed by atoms with Gasteiger partial charge in [0.25, 0.3) is 0 Å². The minimum Gasteiger partial charge on any atom is -0.425 e. The summed E-state index contributed by atoms with van der Waals surface area (Å²) >= 11 is 0. The number of benzene rings is 3. The number of rotatable bonds is 11. The van der Waals surface area contributed by atoms with Crippen LogP contribution in [0.5, 0.6) is 5.75 Å². The zero-order valence-corrected chi connectivity index (χ0v) is 26.9. The van der Waals surface area contributed by atoms with Gasteiger partial charge in [-0.25, -0.2) is 4.57 Å². The van der Waals surface area contributed by atoms with Crippen LogP contribution in [-0.2, 0) is 15.8 Å². The third-order valence-electron chi connectivity index (χ3n) is 7.50. The average Bonchev–Trinajstić information content (AvgIpc) is 2.88. The van der Waals surface area contributed by atoms with Crippen molar-refractivity contribution in [3.8, 4) is 5.75 Å². The minimum absolute atomic E-state index is 0.141. The van der Waals surface area contributed by atoms with E-state index in [0.717, 1.165) is 16.7 Å². The number of hydrogen-bond donors (Lipinski definition) is 1. The highest BCUT2D eigenvalue weighted by Gasteiger charge is 2.33. The highest BCUT2D eigenvalue weighted by atomic mass is 31.2. The van der Waals surface area contributed by atoms with Crippen molar-refractivity contribution < 1.29 is 13.9 Å². The second-order valence-corrected chi connectivity index (χ2v) is 14.4. The molecule has 1 N–H and O–H groups in total. The minimum atomic E-state index is -3.82. The van der Waals surface area contributed by atoms with Crippen LogP contribution in [-0.4, -0.2) is 5.91 Å². The van der Waals surface area contributed by atoms with Gasteiger partial charge < -0.3 is 4.52 Å². The number of amides is 1. The standard InChI is InChI=1S/C35H48NO3P/c1-22(2)27-19-31(25(7)8)33(32(20-27)26(9)10)21-34(37)36-40(38,28-15-12-11-13-16-28)39-35-29(23(3)4)17-14-18-30(35)24(5)6/h11-20,22-26H,21H2,1-10H3,(H,36,37,38). The number of para-hydroxylation sites is 1. The van der Waals surface area contributed by atoms with Gasteiger partial charge in [0.1, 0.15) is 5.75 Å². The molecule has 3 aromatic rings. The topological polar surface area (TPSA) is 55.4 Å². The molecular weight excluding hydrogens is 513 g/mol. The van der Waals surface area contributed by atoms with E-state index in [0.29, 0.717) is 17.0 Å². The zero-order chi connectivity index (χ0) is 29.8. The maximum absolute atomic E-state index is 14.8. The maximum Gasteiger partial charge on any atom is 0.373 e. The Hall–Kier alpha value is -2.84. The summed E-state index contributed by atoms with van der Waals surface area (Å²) < 4.78 is 21.3. The fourth-order valence-corrected chi connectivity index (χ4v) is 6.87. The first-order chi connectivity index (χ1) is 18.7. The molecule has 0 fully saturated rings. The van der Waals surface area contributed by atoms with Gasteiger partial charge in [0.05, 0.1) is 11.7 Å². The lowest BCUT2D eigenvalue weighted by Gasteiger charge is -2.27. The molecule has 1 unspecified atom stereocenters. The van der Waals surface area contributed by atoms with E-state index in [4.69, 9.17) is 4.52 Å². The van der Waals surface area contributed by atoms with Crippen molar-refractivity contribution in [2.75, 3.05) is 0 Å². The molecule has 0 bridgehead atoms. The van der Waals surface area contributed by atoms with Crippen LogP contribution in [0.3, 0.4) is 0 Å². The second-order valence-electron chi connectivity index (χ2n) is 12.4. The molecule has 3 aromatic carbocycles. The molecular formula is C35H48NO3P. The lowest BCUT2D eigenvalue weighted by molar-refractivity contribution is -0.118. The Bertz CT molecular complexity index is 1300. The molecule has 4 nitrogen and oxygen atoms in total. The van der Waals surface area contributed by atoms with Crippen LogP contribution in [0.4, 0.5) is 0 Å². The van der Waals surface area contributed by atoms with E-state index in [1.807, 2.05) is 36.4 Å². The van der Waals surface area contributed by atoms with Crippen LogP contribution < -0.4 is 14.9 Å². The summed E-state index contributed by atoms with van der Waals surface area (Å²) in [6.45, 7) is 21.4. The molecule has 0 aliphatic rings. The number of nitrogens with one attached hydrogen (secondary N) is 1. The second kappa shape index (κ2) is 13.2. The lowest BCUT2D eigenvalue weighted by atomic mass is 9.83. The van der Waals surface area contributed by atoms with Crippen LogP contribution in [0.25, 0.3) is 0 Å². The van der Waals surface area contributed by atoms with Gasteiger partial charge in [-0.1, -0.05) is 118 Å². The zero-order valence-electron chi connectivity index (χ0n) is 26.0. The fraction of sp³-hybridized carbons (Fsp3) is 0.457. The van der Waals surface area contributed by atoms with E-state index in [-0.39, 0.29) is 36.0 Å². The van der Waals surface area contributed by atoms with Crippen molar-refractivity contribution in [3.63, 3.8) is 0 Å². The van der Waals surface area contributed by atoms with E-state index in [1.54, 1.807) is 12.1 Å². The van der Waals surface area contributed by atoms with E-state index >= 15 is 0 Å². The summed E-state index contributed by atoms with van der Waals surface area (Å²) in [5, 5.41) is 3.38. The number of hydrogen-bond acceptors (Lipinski definition) is 3. The Labute approximate surface area is 242 Å². The molecule has 0 heterocycles. The van der Waals surface area contributed by atoms with E-state index < -0.39 is 7.52 Å². The molecule has 0 aliphatic heterocycles. The number of carbonyl (C=O) groups excluding carboxylic acids is 1. The van der Waals surface area contributed by atoms with Gasteiger partial charge in [-0.3, -0.25) is 9.88 Å². The van der Waals surface area contributed by atoms with Crippen molar-refractivity contribution >= 4 is 18.7 Å². The predicted molar refractivity (Wildman–Crippen MR) is 169 cm³/mol. The first-order valence-electron chi connectivity index (χ1n) is 14.7. The van der Waals surface area contributed by atoms with Gasteiger partial charge in [0.15, 0.2) is 0 Å². The largest absolute Gasteiger partial charge is 0.425 e. The van der Waals surface area contributed by atoms with Crippen molar-refractivity contribution in [1.29, 1.82) is 0 Å². The van der Waals surface area contributed by atoms with Gasteiger partial charge >= 0.3 is 7.52 Å². The molecule has 5 heteroatoms. The van der Waals surface area contributed by atoms with Gasteiger partial charge in [0, 0.05) is 0 Å². The molecule has 1 amide bonds. The Morgan fingerprint density at radius 2 is 1.15 bits per heavy atom. The molecule has 40 heavy (non-hydrogen) atoms. The van der Waals surface area contributed by atoms with Crippen LogP contribution in [0, 0.1) is 0 Å². The summed E-state index contributed by atoms with van der Waals surface area (Å²) in [5.74, 6) is 1.52. The summed E-state index contributed by atoms with van der Waals surface area (Å²) in [7, 11) is -3.82. The monoisotopic (exact) mass is 561 g/mol. The molecule has 0 radical (unpaired) electrons. The third kappa shape index (κ3) is 7.26. The van der Waals surface area contributed by atoms with Gasteiger partial charge in [-0.15, -0.1) is 0 Å². The van der Waals surface area contributed by atoms with Crippen molar-refractivity contribution in [3.05, 3.63) is 94.0 Å².